The van der Waals surface area contributed by atoms with Gasteiger partial charge in [0.25, 0.3) is 0 Å². The van der Waals surface area contributed by atoms with Gasteiger partial charge in [0.1, 0.15) is 10.8 Å². The predicted octanol–water partition coefficient (Wildman–Crippen LogP) is 6.30. The molecule has 8 heteroatoms. The largest absolute Gasteiger partial charge is 0.492 e. The van der Waals surface area contributed by atoms with Crippen molar-refractivity contribution in [3.05, 3.63) is 74.7 Å². The number of nitriles is 1. The lowest BCUT2D eigenvalue weighted by atomic mass is 9.96. The number of nitrogens with zero attached hydrogens (tertiary/aromatic N) is 2. The van der Waals surface area contributed by atoms with Gasteiger partial charge in [-0.2, -0.15) is 5.26 Å². The van der Waals surface area contributed by atoms with E-state index in [-0.39, 0.29) is 6.03 Å². The standard InChI is InChI=1S/C25H23ClN4O2S/c1-3-4-11-32-21-10-9-18(12-19(21)26)23-22(15(2)28-25(31)30-23)24-29-20(14-33-24)17-7-5-16(13-27)6-8-17/h5-10,12,14,23H,3-4,11H2,1-2H3,(H2,28,30,31). The molecule has 1 unspecified atom stereocenters. The number of carbonyl (C=O) groups is 1. The van der Waals surface area contributed by atoms with E-state index in [2.05, 4.69) is 23.6 Å². The number of aromatic nitrogens is 1. The Morgan fingerprint density at radius 3 is 2.73 bits per heavy atom. The zero-order valence-corrected chi connectivity index (χ0v) is 19.9. The molecule has 1 aliphatic heterocycles. The number of nitrogens with one attached hydrogen (secondary N) is 2. The van der Waals surface area contributed by atoms with Crippen LogP contribution in [0.1, 0.15) is 48.9 Å². The quantitative estimate of drug-likeness (QED) is 0.390. The van der Waals surface area contributed by atoms with Crippen molar-refractivity contribution in [2.75, 3.05) is 6.61 Å². The molecule has 0 fully saturated rings. The number of hydrogen-bond acceptors (Lipinski definition) is 5. The van der Waals surface area contributed by atoms with E-state index in [1.165, 1.54) is 11.3 Å². The molecule has 3 aromatic rings. The number of allylic oxidation sites excluding steroid dienone is 1. The summed E-state index contributed by atoms with van der Waals surface area (Å²) in [5.41, 5.74) is 4.82. The second kappa shape index (κ2) is 10.1. The number of hydrogen-bond donors (Lipinski definition) is 2. The van der Waals surface area contributed by atoms with Crippen LogP contribution in [0.2, 0.25) is 5.02 Å². The smallest absolute Gasteiger partial charge is 0.319 e. The molecule has 2 heterocycles. The number of rotatable bonds is 7. The van der Waals surface area contributed by atoms with Gasteiger partial charge in [-0.25, -0.2) is 9.78 Å². The molecule has 168 valence electrons. The van der Waals surface area contributed by atoms with E-state index in [1.807, 2.05) is 42.6 Å². The van der Waals surface area contributed by atoms with Crippen molar-refractivity contribution < 1.29 is 9.53 Å². The van der Waals surface area contributed by atoms with Crippen molar-refractivity contribution in [3.8, 4) is 23.1 Å². The summed E-state index contributed by atoms with van der Waals surface area (Å²) in [4.78, 5) is 17.1. The van der Waals surface area contributed by atoms with Gasteiger partial charge in [-0.1, -0.05) is 43.1 Å². The van der Waals surface area contributed by atoms with E-state index >= 15 is 0 Å². The Labute approximate surface area is 201 Å². The maximum atomic E-state index is 12.3. The van der Waals surface area contributed by atoms with Crippen LogP contribution in [0.5, 0.6) is 5.75 Å². The third-order valence-corrected chi connectivity index (χ3v) is 6.53. The van der Waals surface area contributed by atoms with Crippen LogP contribution in [0.15, 0.2) is 53.5 Å². The first-order valence-electron chi connectivity index (χ1n) is 10.7. The van der Waals surface area contributed by atoms with Gasteiger partial charge >= 0.3 is 6.03 Å². The minimum absolute atomic E-state index is 0.274. The topological polar surface area (TPSA) is 87.0 Å². The molecule has 2 N–H and O–H groups in total. The summed E-state index contributed by atoms with van der Waals surface area (Å²) >= 11 is 8.00. The number of benzene rings is 2. The van der Waals surface area contributed by atoms with Gasteiger partial charge in [-0.05, 0) is 43.2 Å². The summed E-state index contributed by atoms with van der Waals surface area (Å²) in [6.45, 7) is 4.59. The van der Waals surface area contributed by atoms with Crippen LogP contribution in [-0.2, 0) is 0 Å². The van der Waals surface area contributed by atoms with Gasteiger partial charge in [0.15, 0.2) is 0 Å². The highest BCUT2D eigenvalue weighted by Gasteiger charge is 2.30. The first-order chi connectivity index (χ1) is 16.0. The van der Waals surface area contributed by atoms with E-state index in [0.717, 1.165) is 45.9 Å². The molecule has 2 aromatic carbocycles. The Morgan fingerprint density at radius 2 is 2.03 bits per heavy atom. The summed E-state index contributed by atoms with van der Waals surface area (Å²) in [7, 11) is 0. The Kier molecular flexibility index (Phi) is 6.97. The van der Waals surface area contributed by atoms with E-state index in [1.54, 1.807) is 12.1 Å². The Morgan fingerprint density at radius 1 is 1.24 bits per heavy atom. The number of ether oxygens (including phenoxy) is 1. The third kappa shape index (κ3) is 5.03. The predicted molar refractivity (Wildman–Crippen MR) is 131 cm³/mol. The lowest BCUT2D eigenvalue weighted by Crippen LogP contribution is -2.42. The van der Waals surface area contributed by atoms with Gasteiger partial charge in [0, 0.05) is 22.2 Å². The van der Waals surface area contributed by atoms with Crippen molar-refractivity contribution in [1.29, 1.82) is 5.26 Å². The Bertz CT molecular complexity index is 1240. The summed E-state index contributed by atoms with van der Waals surface area (Å²) in [6.07, 6.45) is 2.00. The van der Waals surface area contributed by atoms with Crippen LogP contribution in [0.25, 0.3) is 16.8 Å². The minimum Gasteiger partial charge on any atom is -0.492 e. The fraction of sp³-hybridized carbons (Fsp3) is 0.240. The van der Waals surface area contributed by atoms with Crippen LogP contribution >= 0.6 is 22.9 Å². The first-order valence-corrected chi connectivity index (χ1v) is 11.9. The van der Waals surface area contributed by atoms with E-state index < -0.39 is 6.04 Å². The van der Waals surface area contributed by atoms with E-state index in [4.69, 9.17) is 26.6 Å². The zero-order valence-electron chi connectivity index (χ0n) is 18.3. The van der Waals surface area contributed by atoms with Crippen LogP contribution in [0, 0.1) is 11.3 Å². The second-order valence-electron chi connectivity index (χ2n) is 7.69. The molecular formula is C25H23ClN4O2S. The normalized spacial score (nSPS) is 15.6. The van der Waals surface area contributed by atoms with Gasteiger partial charge in [0.2, 0.25) is 0 Å². The fourth-order valence-corrected chi connectivity index (χ4v) is 4.82. The summed E-state index contributed by atoms with van der Waals surface area (Å²) in [5.74, 6) is 0.633. The minimum atomic E-state index is -0.402. The Hall–Kier alpha value is -3.34. The highest BCUT2D eigenvalue weighted by Crippen LogP contribution is 2.39. The molecule has 0 radical (unpaired) electrons. The van der Waals surface area contributed by atoms with Crippen LogP contribution in [0.4, 0.5) is 4.79 Å². The third-order valence-electron chi connectivity index (χ3n) is 5.36. The molecule has 4 rings (SSSR count). The lowest BCUT2D eigenvalue weighted by Gasteiger charge is -2.28. The number of halogens is 1. The molecule has 0 aliphatic carbocycles. The highest BCUT2D eigenvalue weighted by atomic mass is 35.5. The van der Waals surface area contributed by atoms with E-state index in [9.17, 15) is 4.79 Å². The molecule has 0 saturated heterocycles. The van der Waals surface area contributed by atoms with Gasteiger partial charge in [-0.15, -0.1) is 11.3 Å². The summed E-state index contributed by atoms with van der Waals surface area (Å²) in [5, 5.41) is 18.2. The summed E-state index contributed by atoms with van der Waals surface area (Å²) in [6, 6.07) is 14.4. The van der Waals surface area contributed by atoms with Crippen molar-refractivity contribution in [1.82, 2.24) is 15.6 Å². The molecule has 6 nitrogen and oxygen atoms in total. The van der Waals surface area contributed by atoms with Crippen molar-refractivity contribution in [3.63, 3.8) is 0 Å². The second-order valence-corrected chi connectivity index (χ2v) is 8.95. The van der Waals surface area contributed by atoms with Crippen molar-refractivity contribution in [2.24, 2.45) is 0 Å². The van der Waals surface area contributed by atoms with Gasteiger partial charge in [-0.3, -0.25) is 0 Å². The average Bonchev–Trinajstić information content (AvgIpc) is 3.29. The monoisotopic (exact) mass is 478 g/mol. The first kappa shape index (κ1) is 22.8. The maximum Gasteiger partial charge on any atom is 0.319 e. The molecular weight excluding hydrogens is 456 g/mol. The van der Waals surface area contributed by atoms with Crippen molar-refractivity contribution in [2.45, 2.75) is 32.7 Å². The lowest BCUT2D eigenvalue weighted by molar-refractivity contribution is 0.240. The Balaban J connectivity index is 1.66. The molecule has 1 atom stereocenters. The van der Waals surface area contributed by atoms with Crippen LogP contribution < -0.4 is 15.4 Å². The fourth-order valence-electron chi connectivity index (χ4n) is 3.61. The SMILES string of the molecule is CCCCOc1ccc(C2NC(=O)NC(C)=C2c2nc(-c3ccc(C#N)cc3)cs2)cc1Cl. The number of amides is 2. The van der Waals surface area contributed by atoms with Crippen molar-refractivity contribution >= 4 is 34.5 Å². The molecule has 0 saturated carbocycles. The van der Waals surface area contributed by atoms with Crippen LogP contribution in [-0.4, -0.2) is 17.6 Å². The molecule has 33 heavy (non-hydrogen) atoms. The molecule has 1 aromatic heterocycles. The molecule has 0 bridgehead atoms. The molecule has 1 aliphatic rings. The van der Waals surface area contributed by atoms with E-state index in [0.29, 0.717) is 22.9 Å². The zero-order chi connectivity index (χ0) is 23.4. The number of carbonyl (C=O) groups excluding carboxylic acids is 1. The highest BCUT2D eigenvalue weighted by molar-refractivity contribution is 7.11. The summed E-state index contributed by atoms with van der Waals surface area (Å²) < 4.78 is 5.77. The molecule has 2 amide bonds. The molecule has 0 spiro atoms. The number of urea groups is 1. The van der Waals surface area contributed by atoms with Gasteiger partial charge in [0.05, 0.1) is 35.0 Å². The average molecular weight is 479 g/mol. The van der Waals surface area contributed by atoms with Crippen LogP contribution in [0.3, 0.4) is 0 Å². The van der Waals surface area contributed by atoms with Gasteiger partial charge < -0.3 is 15.4 Å². The maximum absolute atomic E-state index is 12.3. The number of thiazole rings is 1. The number of unbranched alkanes of at least 4 members (excludes halogenated alkanes) is 1.